The maximum Gasteiger partial charge on any atom is 0.278 e. The van der Waals surface area contributed by atoms with Crippen molar-refractivity contribution in [3.63, 3.8) is 0 Å². The largest absolute Gasteiger partial charge is 0.409 e. The number of nitrogens with two attached hydrogens (primary N) is 1. The number of aryl methyl sites for hydroxylation is 3. The van der Waals surface area contributed by atoms with Crippen LogP contribution in [-0.2, 0) is 21.1 Å². The molecular weight excluding hydrogens is 522 g/mol. The fourth-order valence-electron chi connectivity index (χ4n) is 4.31. The minimum Gasteiger partial charge on any atom is -0.409 e. The standard InChI is InChI=1S/C25H27N9O6/c1-31-10-8-16(22(31)25(37)27-9-7-21(26)30-38)29-23(35)19-11-14(13-32(19)2)28-24(36)20-12-15-17(33(20)3)5-4-6-18(15)34(39)40/h4-6,8,10-13,38H,7,9H2,1-3H3,(H2,26,30)(H,27,37)(H,28,36)(H,29,35). The zero-order chi connectivity index (χ0) is 29.1. The number of carbonyl (C=O) groups excluding carboxylic acids is 3. The molecule has 0 saturated carbocycles. The van der Waals surface area contributed by atoms with Crippen molar-refractivity contribution in [3.8, 4) is 0 Å². The molecule has 6 N–H and O–H groups in total. The number of nitrogens with one attached hydrogen (secondary N) is 3. The highest BCUT2D eigenvalue weighted by atomic mass is 16.6. The van der Waals surface area contributed by atoms with Crippen molar-refractivity contribution >= 4 is 51.5 Å². The number of anilines is 2. The van der Waals surface area contributed by atoms with Crippen molar-refractivity contribution in [1.29, 1.82) is 0 Å². The minimum atomic E-state index is -0.528. The first-order chi connectivity index (χ1) is 19.0. The summed E-state index contributed by atoms with van der Waals surface area (Å²) in [6, 6.07) is 9.09. The predicted octanol–water partition coefficient (Wildman–Crippen LogP) is 2.13. The van der Waals surface area contributed by atoms with Gasteiger partial charge in [-0.25, -0.2) is 0 Å². The molecule has 15 nitrogen and oxygen atoms in total. The van der Waals surface area contributed by atoms with Gasteiger partial charge in [0.05, 0.1) is 27.2 Å². The number of rotatable bonds is 9. The summed E-state index contributed by atoms with van der Waals surface area (Å²) in [5.74, 6) is -1.54. The number of carbonyl (C=O) groups is 3. The number of hydrogen-bond donors (Lipinski definition) is 5. The van der Waals surface area contributed by atoms with Gasteiger partial charge in [-0.3, -0.25) is 24.5 Å². The van der Waals surface area contributed by atoms with Crippen molar-refractivity contribution in [3.05, 3.63) is 76.0 Å². The number of hydrogen-bond acceptors (Lipinski definition) is 7. The van der Waals surface area contributed by atoms with Crippen LogP contribution in [0.5, 0.6) is 0 Å². The van der Waals surface area contributed by atoms with Crippen LogP contribution in [0.4, 0.5) is 17.1 Å². The quantitative estimate of drug-likeness (QED) is 0.0691. The third kappa shape index (κ3) is 5.33. The first-order valence-electron chi connectivity index (χ1n) is 11.9. The summed E-state index contributed by atoms with van der Waals surface area (Å²) in [5.41, 5.74) is 7.02. The Labute approximate surface area is 227 Å². The summed E-state index contributed by atoms with van der Waals surface area (Å²) >= 11 is 0. The number of fused-ring (bicyclic) bond motifs is 1. The molecule has 4 rings (SSSR count). The summed E-state index contributed by atoms with van der Waals surface area (Å²) in [6.45, 7) is 0.123. The molecule has 0 atom stereocenters. The molecule has 0 spiro atoms. The molecule has 15 heteroatoms. The molecule has 0 aliphatic heterocycles. The van der Waals surface area contributed by atoms with Crippen molar-refractivity contribution < 1.29 is 24.5 Å². The van der Waals surface area contributed by atoms with Crippen LogP contribution in [-0.4, -0.2) is 53.9 Å². The molecule has 3 aromatic heterocycles. The second kappa shape index (κ2) is 11.0. The molecular formula is C25H27N9O6. The number of nitrogens with zero attached hydrogens (tertiary/aromatic N) is 5. The van der Waals surface area contributed by atoms with E-state index in [2.05, 4.69) is 21.1 Å². The van der Waals surface area contributed by atoms with E-state index in [1.807, 2.05) is 0 Å². The Morgan fingerprint density at radius 3 is 2.45 bits per heavy atom. The summed E-state index contributed by atoms with van der Waals surface area (Å²) in [6.07, 6.45) is 3.30. The number of amidine groups is 1. The zero-order valence-corrected chi connectivity index (χ0v) is 21.8. The van der Waals surface area contributed by atoms with E-state index in [-0.39, 0.29) is 47.3 Å². The Kier molecular flexibility index (Phi) is 7.56. The maximum absolute atomic E-state index is 13.1. The van der Waals surface area contributed by atoms with Crippen LogP contribution in [0.25, 0.3) is 10.9 Å². The second-order valence-corrected chi connectivity index (χ2v) is 8.97. The number of amides is 3. The fraction of sp³-hybridized carbons (Fsp3) is 0.200. The minimum absolute atomic E-state index is 0.0333. The normalized spacial score (nSPS) is 11.4. The van der Waals surface area contributed by atoms with Gasteiger partial charge >= 0.3 is 0 Å². The Balaban J connectivity index is 1.49. The van der Waals surface area contributed by atoms with E-state index in [4.69, 9.17) is 10.9 Å². The fourth-order valence-corrected chi connectivity index (χ4v) is 4.31. The molecule has 0 aliphatic rings. The van der Waals surface area contributed by atoms with Crippen LogP contribution in [0.1, 0.15) is 37.9 Å². The molecule has 3 heterocycles. The van der Waals surface area contributed by atoms with Crippen LogP contribution < -0.4 is 21.7 Å². The van der Waals surface area contributed by atoms with E-state index >= 15 is 0 Å². The summed E-state index contributed by atoms with van der Waals surface area (Å²) < 4.78 is 4.61. The first kappa shape index (κ1) is 27.4. The lowest BCUT2D eigenvalue weighted by molar-refractivity contribution is -0.383. The van der Waals surface area contributed by atoms with Crippen molar-refractivity contribution in [2.75, 3.05) is 17.2 Å². The average Bonchev–Trinajstić information content (AvgIpc) is 3.57. The monoisotopic (exact) mass is 549 g/mol. The van der Waals surface area contributed by atoms with Gasteiger partial charge in [-0.05, 0) is 24.3 Å². The molecule has 1 aromatic carbocycles. The molecule has 0 radical (unpaired) electrons. The van der Waals surface area contributed by atoms with E-state index in [0.717, 1.165) is 0 Å². The lowest BCUT2D eigenvalue weighted by Gasteiger charge is -2.10. The Morgan fingerprint density at radius 1 is 1.02 bits per heavy atom. The Bertz CT molecular complexity index is 1680. The predicted molar refractivity (Wildman–Crippen MR) is 147 cm³/mol. The number of non-ortho nitro benzene ring substituents is 1. The van der Waals surface area contributed by atoms with E-state index < -0.39 is 22.6 Å². The third-order valence-electron chi connectivity index (χ3n) is 6.32. The van der Waals surface area contributed by atoms with Crippen LogP contribution in [0.3, 0.4) is 0 Å². The van der Waals surface area contributed by atoms with E-state index in [9.17, 15) is 24.5 Å². The molecule has 3 amide bonds. The maximum atomic E-state index is 13.1. The van der Waals surface area contributed by atoms with Crippen molar-refractivity contribution in [2.24, 2.45) is 32.0 Å². The van der Waals surface area contributed by atoms with Gasteiger partial charge in [-0.15, -0.1) is 0 Å². The highest BCUT2D eigenvalue weighted by Gasteiger charge is 2.22. The average molecular weight is 550 g/mol. The van der Waals surface area contributed by atoms with Crippen LogP contribution in [0.2, 0.25) is 0 Å². The van der Waals surface area contributed by atoms with Gasteiger partial charge in [0.25, 0.3) is 23.4 Å². The summed E-state index contributed by atoms with van der Waals surface area (Å²) in [4.78, 5) is 49.7. The SMILES string of the molecule is Cn1cc(NC(=O)c2cc3c([N+](=O)[O-])cccc3n2C)cc1C(=O)Nc1ccn(C)c1C(=O)NCCC(N)=NO. The van der Waals surface area contributed by atoms with Gasteiger partial charge in [-0.2, -0.15) is 0 Å². The molecule has 0 aliphatic carbocycles. The zero-order valence-electron chi connectivity index (χ0n) is 21.8. The van der Waals surface area contributed by atoms with Crippen LogP contribution in [0.15, 0.2) is 53.9 Å². The lowest BCUT2D eigenvalue weighted by Crippen LogP contribution is -2.30. The smallest absolute Gasteiger partial charge is 0.278 e. The van der Waals surface area contributed by atoms with Gasteiger partial charge in [0.1, 0.15) is 22.9 Å². The molecule has 4 aromatic rings. The highest BCUT2D eigenvalue weighted by Crippen LogP contribution is 2.28. The van der Waals surface area contributed by atoms with Crippen molar-refractivity contribution in [1.82, 2.24) is 19.0 Å². The molecule has 0 fully saturated rings. The van der Waals surface area contributed by atoms with E-state index in [0.29, 0.717) is 16.6 Å². The molecule has 0 unspecified atom stereocenters. The molecule has 208 valence electrons. The van der Waals surface area contributed by atoms with E-state index in [1.165, 1.54) is 22.8 Å². The number of benzene rings is 1. The van der Waals surface area contributed by atoms with Crippen LogP contribution in [0, 0.1) is 10.1 Å². The molecule has 0 bridgehead atoms. The summed E-state index contributed by atoms with van der Waals surface area (Å²) in [7, 11) is 4.90. The number of oxime groups is 1. The molecule has 0 saturated heterocycles. The Morgan fingerprint density at radius 2 is 1.75 bits per heavy atom. The second-order valence-electron chi connectivity index (χ2n) is 8.97. The first-order valence-corrected chi connectivity index (χ1v) is 11.9. The lowest BCUT2D eigenvalue weighted by atomic mass is 10.2. The summed E-state index contributed by atoms with van der Waals surface area (Å²) in [5, 5.41) is 31.3. The number of nitro benzene ring substituents is 1. The number of aromatic nitrogens is 3. The van der Waals surface area contributed by atoms with Gasteiger partial charge < -0.3 is 40.6 Å². The van der Waals surface area contributed by atoms with Crippen LogP contribution >= 0.6 is 0 Å². The van der Waals surface area contributed by atoms with E-state index in [1.54, 1.807) is 60.9 Å². The van der Waals surface area contributed by atoms with Gasteiger partial charge in [0.15, 0.2) is 0 Å². The third-order valence-corrected chi connectivity index (χ3v) is 6.32. The van der Waals surface area contributed by atoms with Gasteiger partial charge in [0, 0.05) is 52.6 Å². The van der Waals surface area contributed by atoms with Gasteiger partial charge in [-0.1, -0.05) is 11.2 Å². The Hall–Kier alpha value is -5.60. The van der Waals surface area contributed by atoms with Crippen molar-refractivity contribution in [2.45, 2.75) is 6.42 Å². The highest BCUT2D eigenvalue weighted by molar-refractivity contribution is 6.10. The number of nitro groups is 1. The topological polar surface area (TPSA) is 204 Å². The van der Waals surface area contributed by atoms with Gasteiger partial charge in [0.2, 0.25) is 0 Å². The molecule has 40 heavy (non-hydrogen) atoms.